The van der Waals surface area contributed by atoms with Crippen molar-refractivity contribution in [1.29, 1.82) is 10.5 Å². The van der Waals surface area contributed by atoms with Gasteiger partial charge in [-0.25, -0.2) is 4.39 Å². The summed E-state index contributed by atoms with van der Waals surface area (Å²) in [6.45, 7) is 0.122. The van der Waals surface area contributed by atoms with Crippen LogP contribution in [0.15, 0.2) is 60.7 Å². The molecule has 0 heterocycles. The lowest BCUT2D eigenvalue weighted by Crippen LogP contribution is -1.99. The number of hydrogen-bond acceptors (Lipinski definition) is 3. The highest BCUT2D eigenvalue weighted by Gasteiger charge is 2.12. The van der Waals surface area contributed by atoms with E-state index in [0.717, 1.165) is 0 Å². The Labute approximate surface area is 177 Å². The Balaban J connectivity index is 1.89. The molecule has 0 aliphatic carbocycles. The molecule has 3 aromatic rings. The first-order valence-electron chi connectivity index (χ1n) is 8.50. The van der Waals surface area contributed by atoms with Crippen LogP contribution < -0.4 is 4.74 Å². The molecule has 0 bridgehead atoms. The molecule has 0 spiro atoms. The number of hydrogen-bond donors (Lipinski definition) is 0. The monoisotopic (exact) mass is 422 g/mol. The van der Waals surface area contributed by atoms with Gasteiger partial charge in [-0.15, -0.1) is 0 Å². The van der Waals surface area contributed by atoms with Gasteiger partial charge in [0.1, 0.15) is 12.4 Å². The number of allylic oxidation sites excluding steroid dienone is 1. The standard InChI is InChI=1S/C23H13Cl2FN2O/c24-20-10-15(9-18(13-28)19-7-3-4-8-22(19)26)11-21(25)23(20)29-14-17-6-2-1-5-16(17)12-27/h1-11H,14H2/b18-9-. The molecule has 0 N–H and O–H groups in total. The van der Waals surface area contributed by atoms with Crippen LogP contribution in [0.3, 0.4) is 0 Å². The van der Waals surface area contributed by atoms with Gasteiger partial charge in [0.2, 0.25) is 0 Å². The molecule has 0 saturated carbocycles. The Morgan fingerprint density at radius 2 is 1.66 bits per heavy atom. The molecule has 29 heavy (non-hydrogen) atoms. The minimum Gasteiger partial charge on any atom is -0.486 e. The zero-order valence-corrected chi connectivity index (χ0v) is 16.5. The maximum absolute atomic E-state index is 14.0. The number of halogens is 3. The highest BCUT2D eigenvalue weighted by Crippen LogP contribution is 2.36. The first-order chi connectivity index (χ1) is 14.0. The SMILES string of the molecule is N#C/C(=C/c1cc(Cl)c(OCc2ccccc2C#N)c(Cl)c1)c1ccccc1F. The Kier molecular flexibility index (Phi) is 6.52. The zero-order chi connectivity index (χ0) is 20.8. The van der Waals surface area contributed by atoms with Gasteiger partial charge in [0.05, 0.1) is 33.3 Å². The molecule has 0 radical (unpaired) electrons. The Morgan fingerprint density at radius 3 is 2.31 bits per heavy atom. The molecule has 142 valence electrons. The van der Waals surface area contributed by atoms with Crippen LogP contribution in [0.5, 0.6) is 5.75 Å². The van der Waals surface area contributed by atoms with Crippen LogP contribution in [-0.2, 0) is 6.61 Å². The summed E-state index contributed by atoms with van der Waals surface area (Å²) in [7, 11) is 0. The fraction of sp³-hybridized carbons (Fsp3) is 0.0435. The molecule has 0 aliphatic rings. The molecule has 3 nitrogen and oxygen atoms in total. The molecule has 0 atom stereocenters. The van der Waals surface area contributed by atoms with Crippen molar-refractivity contribution >= 4 is 34.9 Å². The molecule has 0 unspecified atom stereocenters. The summed E-state index contributed by atoms with van der Waals surface area (Å²) in [6.07, 6.45) is 1.50. The normalized spacial score (nSPS) is 10.9. The first kappa shape index (κ1) is 20.4. The maximum atomic E-state index is 14.0. The molecular weight excluding hydrogens is 410 g/mol. The maximum Gasteiger partial charge on any atom is 0.157 e. The first-order valence-corrected chi connectivity index (χ1v) is 9.25. The lowest BCUT2D eigenvalue weighted by molar-refractivity contribution is 0.306. The number of benzene rings is 3. The van der Waals surface area contributed by atoms with Crippen molar-refractivity contribution < 1.29 is 9.13 Å². The molecule has 0 amide bonds. The van der Waals surface area contributed by atoms with Crippen molar-refractivity contribution in [2.75, 3.05) is 0 Å². The summed E-state index contributed by atoms with van der Waals surface area (Å²) in [5.41, 5.74) is 2.08. The summed E-state index contributed by atoms with van der Waals surface area (Å²) in [4.78, 5) is 0. The highest BCUT2D eigenvalue weighted by atomic mass is 35.5. The van der Waals surface area contributed by atoms with Crippen LogP contribution in [-0.4, -0.2) is 0 Å². The van der Waals surface area contributed by atoms with Gasteiger partial charge in [-0.05, 0) is 35.9 Å². The van der Waals surface area contributed by atoms with Crippen LogP contribution in [0.2, 0.25) is 10.0 Å². The van der Waals surface area contributed by atoms with E-state index in [4.69, 9.17) is 33.2 Å². The molecule has 0 aliphatic heterocycles. The summed E-state index contributed by atoms with van der Waals surface area (Å²) >= 11 is 12.6. The second-order valence-corrected chi connectivity index (χ2v) is 6.84. The lowest BCUT2D eigenvalue weighted by Gasteiger charge is -2.12. The van der Waals surface area contributed by atoms with Gasteiger partial charge in [-0.1, -0.05) is 59.6 Å². The highest BCUT2D eigenvalue weighted by molar-refractivity contribution is 6.37. The third-order valence-electron chi connectivity index (χ3n) is 4.13. The predicted molar refractivity (Wildman–Crippen MR) is 112 cm³/mol. The van der Waals surface area contributed by atoms with E-state index < -0.39 is 5.82 Å². The average Bonchev–Trinajstić information content (AvgIpc) is 2.72. The second-order valence-electron chi connectivity index (χ2n) is 6.02. The van der Waals surface area contributed by atoms with Crippen LogP contribution in [0, 0.1) is 28.5 Å². The van der Waals surface area contributed by atoms with E-state index in [9.17, 15) is 9.65 Å². The van der Waals surface area contributed by atoms with Crippen molar-refractivity contribution in [3.8, 4) is 17.9 Å². The predicted octanol–water partition coefficient (Wildman–Crippen LogP) is 6.65. The molecule has 0 saturated heterocycles. The van der Waals surface area contributed by atoms with Gasteiger partial charge in [0, 0.05) is 11.1 Å². The molecular formula is C23H13Cl2FN2O. The zero-order valence-electron chi connectivity index (χ0n) is 15.0. The van der Waals surface area contributed by atoms with Crippen molar-refractivity contribution in [1.82, 2.24) is 0 Å². The van der Waals surface area contributed by atoms with Gasteiger partial charge in [-0.2, -0.15) is 10.5 Å². The molecule has 0 fully saturated rings. The van der Waals surface area contributed by atoms with Crippen molar-refractivity contribution in [3.05, 3.63) is 98.8 Å². The van der Waals surface area contributed by atoms with E-state index in [0.29, 0.717) is 16.7 Å². The van der Waals surface area contributed by atoms with Crippen LogP contribution in [0.1, 0.15) is 22.3 Å². The summed E-state index contributed by atoms with van der Waals surface area (Å²) < 4.78 is 19.7. The van der Waals surface area contributed by atoms with Crippen molar-refractivity contribution in [2.24, 2.45) is 0 Å². The lowest BCUT2D eigenvalue weighted by atomic mass is 10.0. The Bertz CT molecular complexity index is 1150. The molecule has 3 rings (SSSR count). The summed E-state index contributed by atoms with van der Waals surface area (Å²) in [6, 6.07) is 20.3. The Hall–Kier alpha value is -3.31. The molecule has 6 heteroatoms. The number of nitriles is 2. The fourth-order valence-electron chi connectivity index (χ4n) is 2.72. The van der Waals surface area contributed by atoms with E-state index in [1.54, 1.807) is 42.5 Å². The van der Waals surface area contributed by atoms with Crippen molar-refractivity contribution in [3.63, 3.8) is 0 Å². The minimum absolute atomic E-state index is 0.122. The van der Waals surface area contributed by atoms with Crippen molar-refractivity contribution in [2.45, 2.75) is 6.61 Å². The molecule has 0 aromatic heterocycles. The third kappa shape index (κ3) is 4.76. The largest absolute Gasteiger partial charge is 0.486 e. The fourth-order valence-corrected chi connectivity index (χ4v) is 3.34. The third-order valence-corrected chi connectivity index (χ3v) is 4.69. The van der Waals surface area contributed by atoms with Gasteiger partial charge in [0.25, 0.3) is 0 Å². The number of rotatable bonds is 5. The van der Waals surface area contributed by atoms with Gasteiger partial charge in [0.15, 0.2) is 5.75 Å². The topological polar surface area (TPSA) is 56.8 Å². The van der Waals surface area contributed by atoms with E-state index in [2.05, 4.69) is 6.07 Å². The van der Waals surface area contributed by atoms with Gasteiger partial charge < -0.3 is 4.74 Å². The summed E-state index contributed by atoms with van der Waals surface area (Å²) in [5, 5.41) is 19.1. The van der Waals surface area contributed by atoms with E-state index in [1.807, 2.05) is 12.1 Å². The summed E-state index contributed by atoms with van der Waals surface area (Å²) in [5.74, 6) is -0.226. The number of ether oxygens (including phenoxy) is 1. The second kappa shape index (κ2) is 9.26. The van der Waals surface area contributed by atoms with Crippen LogP contribution in [0.4, 0.5) is 4.39 Å². The van der Waals surface area contributed by atoms with Crippen LogP contribution in [0.25, 0.3) is 11.6 Å². The quantitative estimate of drug-likeness (QED) is 0.341. The van der Waals surface area contributed by atoms with Gasteiger partial charge >= 0.3 is 0 Å². The minimum atomic E-state index is -0.492. The van der Waals surface area contributed by atoms with E-state index in [1.165, 1.54) is 18.2 Å². The van der Waals surface area contributed by atoms with Crippen LogP contribution >= 0.6 is 23.2 Å². The average molecular weight is 423 g/mol. The van der Waals surface area contributed by atoms with E-state index >= 15 is 0 Å². The van der Waals surface area contributed by atoms with E-state index in [-0.39, 0.29) is 33.5 Å². The van der Waals surface area contributed by atoms with Gasteiger partial charge in [-0.3, -0.25) is 0 Å². The smallest absolute Gasteiger partial charge is 0.157 e. The number of nitrogens with zero attached hydrogens (tertiary/aromatic N) is 2. The Morgan fingerprint density at radius 1 is 1.00 bits per heavy atom. The molecule has 3 aromatic carbocycles.